The van der Waals surface area contributed by atoms with Gasteiger partial charge in [-0.15, -0.1) is 0 Å². The van der Waals surface area contributed by atoms with Crippen molar-refractivity contribution < 1.29 is 5.11 Å². The molecule has 0 rings (SSSR count). The van der Waals surface area contributed by atoms with Gasteiger partial charge in [0.05, 0.1) is 5.60 Å². The normalized spacial score (nSPS) is 13.9. The fraction of sp³-hybridized carbons (Fsp3) is 0.964. The van der Waals surface area contributed by atoms with Crippen molar-refractivity contribution in [1.29, 1.82) is 0 Å². The number of hydrogen-bond donors (Lipinski definition) is 1. The molecule has 0 heterocycles. The highest BCUT2D eigenvalue weighted by Gasteiger charge is 2.43. The molecule has 2 unspecified atom stereocenters. The van der Waals surface area contributed by atoms with Crippen molar-refractivity contribution in [3.63, 3.8) is 0 Å². The summed E-state index contributed by atoms with van der Waals surface area (Å²) in [6, 6.07) is 0. The molecule has 0 aromatic carbocycles. The van der Waals surface area contributed by atoms with Crippen LogP contribution in [0.15, 0.2) is 12.2 Å². The summed E-state index contributed by atoms with van der Waals surface area (Å²) < 4.78 is 0. The van der Waals surface area contributed by atoms with Gasteiger partial charge in [0.1, 0.15) is 0 Å². The fourth-order valence-corrected chi connectivity index (χ4v) is 10.1. The second kappa shape index (κ2) is 45.2. The minimum atomic E-state index is -0.699. The average Bonchev–Trinajstić information content (AvgIpc) is 3.21. The highest BCUT2D eigenvalue weighted by molar-refractivity contribution is 5.15. The molecule has 0 saturated carbocycles. The van der Waals surface area contributed by atoms with Gasteiger partial charge in [-0.05, 0) is 50.0 Å². The van der Waals surface area contributed by atoms with Crippen molar-refractivity contribution in [3.05, 3.63) is 12.2 Å². The van der Waals surface area contributed by atoms with Crippen LogP contribution in [0.1, 0.15) is 330 Å². The van der Waals surface area contributed by atoms with Crippen molar-refractivity contribution in [1.82, 2.24) is 0 Å². The molecule has 0 bridgehead atoms. The SMILES string of the molecule is C=C(C)C(O)(C(CCCCCCCCCCCC)CCCCCCCCCCCCC)C(CCCCCCCCCCCC)CCCCCCCCCCCCC. The van der Waals surface area contributed by atoms with Gasteiger partial charge in [-0.1, -0.05) is 304 Å². The maximum Gasteiger partial charge on any atom is 0.0907 e. The first-order valence-corrected chi connectivity index (χ1v) is 27.4. The van der Waals surface area contributed by atoms with Crippen molar-refractivity contribution >= 4 is 0 Å². The maximum absolute atomic E-state index is 13.1. The summed E-state index contributed by atoms with van der Waals surface area (Å²) in [5.41, 5.74) is 0.387. The quantitative estimate of drug-likeness (QED) is 0.0480. The third-order valence-corrected chi connectivity index (χ3v) is 14.1. The van der Waals surface area contributed by atoms with Gasteiger partial charge in [0.2, 0.25) is 0 Å². The first-order valence-electron chi connectivity index (χ1n) is 27.4. The third-order valence-electron chi connectivity index (χ3n) is 14.1. The van der Waals surface area contributed by atoms with Crippen molar-refractivity contribution in [2.45, 2.75) is 336 Å². The first-order chi connectivity index (χ1) is 28.0. The van der Waals surface area contributed by atoms with Gasteiger partial charge >= 0.3 is 0 Å². The van der Waals surface area contributed by atoms with Crippen LogP contribution in [-0.4, -0.2) is 10.7 Å². The minimum absolute atomic E-state index is 0.378. The summed E-state index contributed by atoms with van der Waals surface area (Å²) in [5.74, 6) is 0.756. The van der Waals surface area contributed by atoms with Crippen LogP contribution >= 0.6 is 0 Å². The summed E-state index contributed by atoms with van der Waals surface area (Å²) in [6.45, 7) is 16.1. The van der Waals surface area contributed by atoms with E-state index in [9.17, 15) is 5.11 Å². The van der Waals surface area contributed by atoms with Crippen molar-refractivity contribution in [2.75, 3.05) is 0 Å². The Labute approximate surface area is 363 Å². The van der Waals surface area contributed by atoms with E-state index in [1.807, 2.05) is 0 Å². The Morgan fingerprint density at radius 3 is 0.579 bits per heavy atom. The lowest BCUT2D eigenvalue weighted by molar-refractivity contribution is -0.0519. The molecule has 0 fully saturated rings. The highest BCUT2D eigenvalue weighted by Crippen LogP contribution is 2.43. The molecular formula is C56H112O. The average molecular weight is 802 g/mol. The second-order valence-electron chi connectivity index (χ2n) is 19.6. The Balaban J connectivity index is 5.39. The molecule has 1 N–H and O–H groups in total. The van der Waals surface area contributed by atoms with Gasteiger partial charge in [0.15, 0.2) is 0 Å². The Morgan fingerprint density at radius 1 is 0.298 bits per heavy atom. The number of aliphatic hydroxyl groups is 1. The summed E-state index contributed by atoms with van der Waals surface area (Å²) in [7, 11) is 0. The van der Waals surface area contributed by atoms with Crippen LogP contribution in [0.2, 0.25) is 0 Å². The molecule has 0 aromatic rings. The predicted molar refractivity (Wildman–Crippen MR) is 262 cm³/mol. The minimum Gasteiger partial charge on any atom is -0.385 e. The van der Waals surface area contributed by atoms with Crippen LogP contribution in [0.3, 0.4) is 0 Å². The van der Waals surface area contributed by atoms with E-state index in [0.717, 1.165) is 5.57 Å². The Kier molecular flexibility index (Phi) is 45.0. The van der Waals surface area contributed by atoms with Crippen molar-refractivity contribution in [3.8, 4) is 0 Å². The standard InChI is InChI=1S/C56H112O/c1-7-11-15-19-23-27-31-35-39-43-47-51-54(49-45-41-37-33-29-25-21-17-13-9-3)56(57,53(5)6)55(50-46-42-38-34-30-26-22-18-14-10-4)52-48-44-40-36-32-28-24-20-16-12-8-2/h54-55,57H,5,7-52H2,1-4,6H3. The van der Waals surface area contributed by atoms with Crippen LogP contribution in [0.25, 0.3) is 0 Å². The van der Waals surface area contributed by atoms with Crippen LogP contribution in [0, 0.1) is 11.8 Å². The summed E-state index contributed by atoms with van der Waals surface area (Å²) in [4.78, 5) is 0. The molecule has 0 radical (unpaired) electrons. The molecular weight excluding hydrogens is 689 g/mol. The van der Waals surface area contributed by atoms with E-state index in [1.165, 1.54) is 295 Å². The summed E-state index contributed by atoms with van der Waals surface area (Å²) >= 11 is 0. The van der Waals surface area contributed by atoms with E-state index >= 15 is 0 Å². The molecule has 0 spiro atoms. The zero-order valence-corrected chi connectivity index (χ0v) is 40.8. The van der Waals surface area contributed by atoms with Gasteiger partial charge in [-0.3, -0.25) is 0 Å². The summed E-state index contributed by atoms with van der Waals surface area (Å²) in [6.07, 6.45) is 63.2. The Hall–Kier alpha value is -0.300. The third kappa shape index (κ3) is 35.0. The molecule has 1 nitrogen and oxygen atoms in total. The Morgan fingerprint density at radius 2 is 0.439 bits per heavy atom. The molecule has 342 valence electrons. The number of rotatable bonds is 49. The van der Waals surface area contributed by atoms with E-state index in [2.05, 4.69) is 41.2 Å². The van der Waals surface area contributed by atoms with Gasteiger partial charge in [0, 0.05) is 0 Å². The molecule has 57 heavy (non-hydrogen) atoms. The zero-order chi connectivity index (χ0) is 41.8. The monoisotopic (exact) mass is 801 g/mol. The van der Waals surface area contributed by atoms with Gasteiger partial charge in [0.25, 0.3) is 0 Å². The van der Waals surface area contributed by atoms with E-state index in [0.29, 0.717) is 11.8 Å². The van der Waals surface area contributed by atoms with Gasteiger partial charge < -0.3 is 5.11 Å². The lowest BCUT2D eigenvalue weighted by Crippen LogP contribution is -2.46. The first kappa shape index (κ1) is 56.7. The van der Waals surface area contributed by atoms with E-state index in [-0.39, 0.29) is 0 Å². The maximum atomic E-state index is 13.1. The topological polar surface area (TPSA) is 20.2 Å². The molecule has 0 aromatic heterocycles. The van der Waals surface area contributed by atoms with Gasteiger partial charge in [-0.2, -0.15) is 0 Å². The molecule has 0 aliphatic heterocycles. The molecule has 0 saturated heterocycles. The molecule has 0 amide bonds. The molecule has 0 aliphatic carbocycles. The van der Waals surface area contributed by atoms with Crippen molar-refractivity contribution in [2.24, 2.45) is 11.8 Å². The molecule has 2 atom stereocenters. The summed E-state index contributed by atoms with van der Waals surface area (Å²) in [5, 5.41) is 13.1. The van der Waals surface area contributed by atoms with Crippen LogP contribution < -0.4 is 0 Å². The highest BCUT2D eigenvalue weighted by atomic mass is 16.3. The van der Waals surface area contributed by atoms with E-state index in [4.69, 9.17) is 0 Å². The largest absolute Gasteiger partial charge is 0.385 e. The van der Waals surface area contributed by atoms with Crippen LogP contribution in [0.5, 0.6) is 0 Å². The number of unbranched alkanes of at least 4 members (excludes halogenated alkanes) is 38. The van der Waals surface area contributed by atoms with E-state index in [1.54, 1.807) is 0 Å². The lowest BCUT2D eigenvalue weighted by Gasteiger charge is -2.44. The smallest absolute Gasteiger partial charge is 0.0907 e. The lowest BCUT2D eigenvalue weighted by atomic mass is 9.66. The number of hydrogen-bond acceptors (Lipinski definition) is 1. The van der Waals surface area contributed by atoms with Gasteiger partial charge in [-0.25, -0.2) is 0 Å². The zero-order valence-electron chi connectivity index (χ0n) is 40.8. The van der Waals surface area contributed by atoms with Crippen LogP contribution in [-0.2, 0) is 0 Å². The predicted octanol–water partition coefficient (Wildman–Crippen LogP) is 20.6. The fourth-order valence-electron chi connectivity index (χ4n) is 10.1. The van der Waals surface area contributed by atoms with E-state index < -0.39 is 5.60 Å². The second-order valence-corrected chi connectivity index (χ2v) is 19.6. The Bertz CT molecular complexity index is 715. The molecule has 0 aliphatic rings. The molecule has 1 heteroatoms. The van der Waals surface area contributed by atoms with Crippen LogP contribution in [0.4, 0.5) is 0 Å².